The van der Waals surface area contributed by atoms with Crippen molar-refractivity contribution >= 4 is 11.7 Å². The molecule has 0 saturated carbocycles. The second kappa shape index (κ2) is 5.12. The van der Waals surface area contributed by atoms with Crippen LogP contribution >= 0.6 is 0 Å². The molecule has 0 bridgehead atoms. The van der Waals surface area contributed by atoms with Crippen LogP contribution in [0.1, 0.15) is 16.1 Å². The van der Waals surface area contributed by atoms with Crippen molar-refractivity contribution in [2.24, 2.45) is 11.0 Å². The third-order valence-corrected chi connectivity index (χ3v) is 3.12. The first kappa shape index (κ1) is 12.3. The number of benzene rings is 1. The van der Waals surface area contributed by atoms with E-state index in [-0.39, 0.29) is 5.69 Å². The number of hydrogen-bond donors (Lipinski definition) is 2. The molecule has 2 heterocycles. The normalized spacial score (nSPS) is 14.4. The molecule has 0 atom stereocenters. The van der Waals surface area contributed by atoms with Gasteiger partial charge in [-0.2, -0.15) is 9.68 Å². The molecule has 1 aliphatic rings. The van der Waals surface area contributed by atoms with Crippen molar-refractivity contribution in [1.82, 2.24) is 9.97 Å². The number of hydrogen-bond acceptors (Lipinski definition) is 4. The zero-order valence-electron chi connectivity index (χ0n) is 10.9. The lowest BCUT2D eigenvalue weighted by atomic mass is 10.2. The standard InChI is InChI=1S/C13H14N6O/c14-12(20)11-13(16-9-15-11)19-7-6-18(17-19)8-10-4-2-1-3-5-10/h1-5,9H,6-8H2,(H2-,14,15,16,17,20)/p+1. The van der Waals surface area contributed by atoms with E-state index in [0.717, 1.165) is 13.1 Å². The van der Waals surface area contributed by atoms with Crippen molar-refractivity contribution < 1.29 is 9.49 Å². The van der Waals surface area contributed by atoms with Gasteiger partial charge in [-0.25, -0.2) is 0 Å². The summed E-state index contributed by atoms with van der Waals surface area (Å²) in [7, 11) is 0. The summed E-state index contributed by atoms with van der Waals surface area (Å²) in [6.07, 6.45) is 1.45. The molecule has 0 radical (unpaired) electrons. The zero-order valence-corrected chi connectivity index (χ0v) is 10.9. The first-order valence-electron chi connectivity index (χ1n) is 6.35. The van der Waals surface area contributed by atoms with Gasteiger partial charge < -0.3 is 10.7 Å². The zero-order chi connectivity index (χ0) is 13.9. The summed E-state index contributed by atoms with van der Waals surface area (Å²) in [6, 6.07) is 10.1. The monoisotopic (exact) mass is 271 g/mol. The molecule has 0 aliphatic carbocycles. The van der Waals surface area contributed by atoms with E-state index in [9.17, 15) is 4.79 Å². The number of nitrogens with two attached hydrogens (primary N) is 1. The number of aromatic amines is 1. The predicted molar refractivity (Wildman–Crippen MR) is 72.2 cm³/mol. The molecular weight excluding hydrogens is 256 g/mol. The number of H-pyrrole nitrogens is 1. The molecule has 0 fully saturated rings. The van der Waals surface area contributed by atoms with Gasteiger partial charge in [-0.15, -0.1) is 5.01 Å². The van der Waals surface area contributed by atoms with Crippen molar-refractivity contribution in [3.8, 4) is 0 Å². The molecule has 7 heteroatoms. The van der Waals surface area contributed by atoms with Crippen LogP contribution in [-0.2, 0) is 6.54 Å². The highest BCUT2D eigenvalue weighted by Gasteiger charge is 2.29. The minimum Gasteiger partial charge on any atom is -0.364 e. The second-order valence-electron chi connectivity index (χ2n) is 4.55. The lowest BCUT2D eigenvalue weighted by Crippen LogP contribution is -2.20. The Kier molecular flexibility index (Phi) is 3.16. The largest absolute Gasteiger partial charge is 0.364 e. The van der Waals surface area contributed by atoms with E-state index >= 15 is 0 Å². The Morgan fingerprint density at radius 3 is 2.95 bits per heavy atom. The highest BCUT2D eigenvalue weighted by atomic mass is 16.1. The Balaban J connectivity index is 1.78. The Hall–Kier alpha value is -2.70. The summed E-state index contributed by atoms with van der Waals surface area (Å²) >= 11 is 0. The van der Waals surface area contributed by atoms with Gasteiger partial charge in [0.1, 0.15) is 13.1 Å². The summed E-state index contributed by atoms with van der Waals surface area (Å²) in [5, 5.41) is 6.14. The molecule has 1 aromatic heterocycles. The van der Waals surface area contributed by atoms with Gasteiger partial charge in [0.05, 0.1) is 11.6 Å². The maximum atomic E-state index is 11.3. The van der Waals surface area contributed by atoms with Crippen LogP contribution in [0.3, 0.4) is 0 Å². The van der Waals surface area contributed by atoms with Crippen molar-refractivity contribution in [3.63, 3.8) is 0 Å². The van der Waals surface area contributed by atoms with E-state index in [1.165, 1.54) is 11.9 Å². The number of imidazole rings is 1. The van der Waals surface area contributed by atoms with E-state index in [1.807, 2.05) is 22.9 Å². The quantitative estimate of drug-likeness (QED) is 0.810. The highest BCUT2D eigenvalue weighted by Crippen LogP contribution is 2.19. The fraction of sp³-hybridized carbons (Fsp3) is 0.231. The average molecular weight is 271 g/mol. The van der Waals surface area contributed by atoms with Gasteiger partial charge in [0.15, 0.2) is 12.2 Å². The van der Waals surface area contributed by atoms with E-state index in [4.69, 9.17) is 5.73 Å². The maximum absolute atomic E-state index is 11.3. The number of nitrogens with one attached hydrogen (secondary N) is 1. The third-order valence-electron chi connectivity index (χ3n) is 3.12. The van der Waals surface area contributed by atoms with Crippen LogP contribution in [0, 0.1) is 0 Å². The number of aromatic nitrogens is 2. The van der Waals surface area contributed by atoms with E-state index in [2.05, 4.69) is 27.3 Å². The first-order chi connectivity index (χ1) is 9.74. The van der Waals surface area contributed by atoms with Gasteiger partial charge in [-0.1, -0.05) is 30.3 Å². The van der Waals surface area contributed by atoms with Crippen LogP contribution in [0.25, 0.3) is 0 Å². The van der Waals surface area contributed by atoms with E-state index in [0.29, 0.717) is 12.4 Å². The minimum atomic E-state index is -0.533. The van der Waals surface area contributed by atoms with Gasteiger partial charge >= 0.3 is 0 Å². The van der Waals surface area contributed by atoms with Crippen molar-refractivity contribution in [2.45, 2.75) is 6.54 Å². The molecule has 0 spiro atoms. The molecule has 3 N–H and O–H groups in total. The van der Waals surface area contributed by atoms with Crippen LogP contribution in [0.15, 0.2) is 41.9 Å². The molecule has 7 nitrogen and oxygen atoms in total. The summed E-state index contributed by atoms with van der Waals surface area (Å²) in [6.45, 7) is 2.19. The summed E-state index contributed by atoms with van der Waals surface area (Å²) in [4.78, 5) is 18.1. The van der Waals surface area contributed by atoms with Crippen molar-refractivity contribution in [1.29, 1.82) is 0 Å². The van der Waals surface area contributed by atoms with Gasteiger partial charge in [0.2, 0.25) is 0 Å². The molecule has 3 rings (SSSR count). The number of carbonyl (C=O) groups is 1. The fourth-order valence-electron chi connectivity index (χ4n) is 2.17. The third kappa shape index (κ3) is 2.37. The smallest absolute Gasteiger partial charge is 0.272 e. The molecule has 1 amide bonds. The van der Waals surface area contributed by atoms with Crippen molar-refractivity contribution in [3.05, 3.63) is 47.9 Å². The first-order valence-corrected chi connectivity index (χ1v) is 6.35. The van der Waals surface area contributed by atoms with Crippen molar-refractivity contribution in [2.75, 3.05) is 18.1 Å². The van der Waals surface area contributed by atoms with Crippen LogP contribution in [-0.4, -0.2) is 33.7 Å². The molecular formula is C13H15N6O+. The number of amides is 1. The fourth-order valence-corrected chi connectivity index (χ4v) is 2.17. The highest BCUT2D eigenvalue weighted by molar-refractivity contribution is 5.95. The van der Waals surface area contributed by atoms with Crippen LogP contribution in [0.2, 0.25) is 0 Å². The Bertz CT molecular complexity index is 648. The molecule has 20 heavy (non-hydrogen) atoms. The maximum Gasteiger partial charge on any atom is 0.272 e. The number of anilines is 1. The Morgan fingerprint density at radius 1 is 1.40 bits per heavy atom. The topological polar surface area (TPSA) is 90.4 Å². The SMILES string of the molecule is NC(=O)c1[nH]cnc1N1CC[N+](Cc2ccccc2)=N1. The van der Waals surface area contributed by atoms with Gasteiger partial charge in [0.25, 0.3) is 11.7 Å². The number of rotatable bonds is 4. The van der Waals surface area contributed by atoms with Gasteiger partial charge in [0, 0.05) is 0 Å². The lowest BCUT2D eigenvalue weighted by molar-refractivity contribution is -0.595. The van der Waals surface area contributed by atoms with Crippen LogP contribution in [0.4, 0.5) is 5.82 Å². The number of carbonyl (C=O) groups excluding carboxylic acids is 1. The number of primary amides is 1. The van der Waals surface area contributed by atoms with E-state index < -0.39 is 5.91 Å². The molecule has 0 unspecified atom stereocenters. The average Bonchev–Trinajstić information content (AvgIpc) is 3.07. The van der Waals surface area contributed by atoms with Crippen LogP contribution < -0.4 is 10.7 Å². The molecule has 0 saturated heterocycles. The Labute approximate surface area is 115 Å². The van der Waals surface area contributed by atoms with E-state index in [1.54, 1.807) is 5.01 Å². The molecule has 1 aliphatic heterocycles. The summed E-state index contributed by atoms with van der Waals surface area (Å²) in [5.74, 6) is -0.0535. The second-order valence-corrected chi connectivity index (χ2v) is 4.55. The van der Waals surface area contributed by atoms with Crippen LogP contribution in [0.5, 0.6) is 0 Å². The summed E-state index contributed by atoms with van der Waals surface area (Å²) in [5.41, 5.74) is 6.77. The predicted octanol–water partition coefficient (Wildman–Crippen LogP) is 0.908. The summed E-state index contributed by atoms with van der Waals surface area (Å²) < 4.78 is 1.94. The molecule has 102 valence electrons. The molecule has 1 aromatic carbocycles. The Morgan fingerprint density at radius 2 is 2.20 bits per heavy atom. The number of nitrogens with zero attached hydrogens (tertiary/aromatic N) is 4. The molecule has 2 aromatic rings. The van der Waals surface area contributed by atoms with Gasteiger partial charge in [-0.05, 0) is 5.56 Å². The minimum absolute atomic E-state index is 0.287. The van der Waals surface area contributed by atoms with Gasteiger partial charge in [-0.3, -0.25) is 4.79 Å². The lowest BCUT2D eigenvalue weighted by Gasteiger charge is -2.00.